The minimum Gasteiger partial charge on any atom is -0.479 e. The van der Waals surface area contributed by atoms with Crippen LogP contribution in [0.2, 0.25) is 10.3 Å². The molecule has 1 atom stereocenters. The molecule has 0 aliphatic heterocycles. The van der Waals surface area contributed by atoms with Crippen LogP contribution in [0, 0.1) is 0 Å². The molecule has 0 saturated carbocycles. The first kappa shape index (κ1) is 14.6. The van der Waals surface area contributed by atoms with Crippen LogP contribution < -0.4 is 5.32 Å². The molecule has 1 aromatic heterocycles. The van der Waals surface area contributed by atoms with E-state index < -0.39 is 18.0 Å². The summed E-state index contributed by atoms with van der Waals surface area (Å²) in [6.45, 7) is -0.0252. The van der Waals surface area contributed by atoms with Crippen molar-refractivity contribution < 1.29 is 19.8 Å². The van der Waals surface area contributed by atoms with Crippen LogP contribution in [0.1, 0.15) is 16.8 Å². The normalized spacial score (nSPS) is 11.9. The van der Waals surface area contributed by atoms with Gasteiger partial charge >= 0.3 is 5.97 Å². The molecular weight excluding hydrogens is 285 g/mol. The van der Waals surface area contributed by atoms with Crippen molar-refractivity contribution in [2.75, 3.05) is 6.54 Å². The molecule has 1 heterocycles. The first-order valence-electron chi connectivity index (χ1n) is 4.79. The van der Waals surface area contributed by atoms with Crippen LogP contribution in [-0.2, 0) is 4.79 Å². The van der Waals surface area contributed by atoms with Gasteiger partial charge in [0.05, 0.1) is 5.56 Å². The van der Waals surface area contributed by atoms with Crippen LogP contribution in [0.3, 0.4) is 0 Å². The molecule has 0 bridgehead atoms. The summed E-state index contributed by atoms with van der Waals surface area (Å²) in [5.41, 5.74) is 0.0291. The quantitative estimate of drug-likeness (QED) is 0.722. The molecule has 1 rings (SSSR count). The number of aliphatic hydroxyl groups excluding tert-OH is 1. The number of hydrogen-bond donors (Lipinski definition) is 3. The Balaban J connectivity index is 2.55. The Bertz CT molecular complexity index is 469. The second-order valence-corrected chi connectivity index (χ2v) is 4.02. The van der Waals surface area contributed by atoms with Crippen molar-refractivity contribution in [3.05, 3.63) is 21.9 Å². The molecule has 1 aromatic rings. The molecule has 0 radical (unpaired) electrons. The number of carbonyl (C=O) groups is 2. The maximum absolute atomic E-state index is 11.6. The standard InChI is InChI=1S/C9H9Cl2N3O4/c10-6-3-4(7(11)14-13-6)8(16)12-2-1-5(15)9(17)18/h3,5,15H,1-2H2,(H,12,16)(H,17,18)/t5-/m0/s1. The zero-order valence-electron chi connectivity index (χ0n) is 8.93. The Hall–Kier alpha value is -1.44. The summed E-state index contributed by atoms with van der Waals surface area (Å²) in [4.78, 5) is 21.9. The lowest BCUT2D eigenvalue weighted by molar-refractivity contribution is -0.146. The predicted molar refractivity (Wildman–Crippen MR) is 62.6 cm³/mol. The van der Waals surface area contributed by atoms with E-state index in [1.807, 2.05) is 0 Å². The fraction of sp³-hybridized carbons (Fsp3) is 0.333. The molecule has 0 fully saturated rings. The average molecular weight is 294 g/mol. The number of carboxylic acids is 1. The minimum atomic E-state index is -1.53. The van der Waals surface area contributed by atoms with Gasteiger partial charge in [-0.05, 0) is 6.07 Å². The number of amides is 1. The number of nitrogens with one attached hydrogen (secondary N) is 1. The number of carbonyl (C=O) groups excluding carboxylic acids is 1. The van der Waals surface area contributed by atoms with Crippen LogP contribution in [0.4, 0.5) is 0 Å². The first-order valence-corrected chi connectivity index (χ1v) is 5.55. The third-order valence-electron chi connectivity index (χ3n) is 1.95. The van der Waals surface area contributed by atoms with Crippen molar-refractivity contribution in [2.24, 2.45) is 0 Å². The second kappa shape index (κ2) is 6.48. The lowest BCUT2D eigenvalue weighted by Gasteiger charge is -2.07. The molecule has 0 unspecified atom stereocenters. The summed E-state index contributed by atoms with van der Waals surface area (Å²) >= 11 is 11.2. The Morgan fingerprint density at radius 3 is 2.67 bits per heavy atom. The van der Waals surface area contributed by atoms with Crippen LogP contribution in [0.25, 0.3) is 0 Å². The number of halogens is 2. The number of aliphatic hydroxyl groups is 1. The minimum absolute atomic E-state index is 0.00937. The monoisotopic (exact) mass is 293 g/mol. The molecule has 7 nitrogen and oxygen atoms in total. The number of hydrogen-bond acceptors (Lipinski definition) is 5. The van der Waals surface area contributed by atoms with Crippen molar-refractivity contribution in [1.29, 1.82) is 0 Å². The van der Waals surface area contributed by atoms with E-state index in [4.69, 9.17) is 33.4 Å². The zero-order valence-corrected chi connectivity index (χ0v) is 10.4. The average Bonchev–Trinajstić information content (AvgIpc) is 2.31. The highest BCUT2D eigenvalue weighted by Crippen LogP contribution is 2.14. The molecule has 0 spiro atoms. The van der Waals surface area contributed by atoms with Gasteiger partial charge in [-0.3, -0.25) is 4.79 Å². The Labute approximate surface area is 112 Å². The summed E-state index contributed by atoms with van der Waals surface area (Å²) in [6.07, 6.45) is -1.65. The van der Waals surface area contributed by atoms with Crippen LogP contribution >= 0.6 is 23.2 Å². The van der Waals surface area contributed by atoms with Crippen LogP contribution in [0.5, 0.6) is 0 Å². The summed E-state index contributed by atoms with van der Waals surface area (Å²) in [7, 11) is 0. The Kier molecular flexibility index (Phi) is 5.26. The lowest BCUT2D eigenvalue weighted by atomic mass is 10.2. The molecule has 98 valence electrons. The molecule has 0 saturated heterocycles. The smallest absolute Gasteiger partial charge is 0.332 e. The van der Waals surface area contributed by atoms with Gasteiger partial charge < -0.3 is 15.5 Å². The van der Waals surface area contributed by atoms with Crippen molar-refractivity contribution in [1.82, 2.24) is 15.5 Å². The van der Waals surface area contributed by atoms with Gasteiger partial charge in [0.1, 0.15) is 0 Å². The highest BCUT2D eigenvalue weighted by Gasteiger charge is 2.15. The largest absolute Gasteiger partial charge is 0.479 e. The molecule has 0 aliphatic carbocycles. The van der Waals surface area contributed by atoms with E-state index in [-0.39, 0.29) is 28.8 Å². The molecule has 18 heavy (non-hydrogen) atoms. The third-order valence-corrected chi connectivity index (χ3v) is 2.42. The van der Waals surface area contributed by atoms with Gasteiger partial charge in [-0.25, -0.2) is 4.79 Å². The molecule has 9 heteroatoms. The number of nitrogens with zero attached hydrogens (tertiary/aromatic N) is 2. The molecule has 0 aromatic carbocycles. The zero-order chi connectivity index (χ0) is 13.7. The fourth-order valence-electron chi connectivity index (χ4n) is 1.05. The van der Waals surface area contributed by atoms with E-state index in [9.17, 15) is 9.59 Å². The fourth-order valence-corrected chi connectivity index (χ4v) is 1.38. The molecular formula is C9H9Cl2N3O4. The van der Waals surface area contributed by atoms with Gasteiger partial charge in [-0.2, -0.15) is 0 Å². The lowest BCUT2D eigenvalue weighted by Crippen LogP contribution is -2.30. The van der Waals surface area contributed by atoms with Gasteiger partial charge in [0.15, 0.2) is 16.4 Å². The highest BCUT2D eigenvalue weighted by atomic mass is 35.5. The molecule has 3 N–H and O–H groups in total. The van der Waals surface area contributed by atoms with E-state index in [1.165, 1.54) is 6.07 Å². The van der Waals surface area contributed by atoms with E-state index >= 15 is 0 Å². The van der Waals surface area contributed by atoms with Crippen molar-refractivity contribution in [2.45, 2.75) is 12.5 Å². The number of aliphatic carboxylic acids is 1. The Morgan fingerprint density at radius 1 is 1.39 bits per heavy atom. The van der Waals surface area contributed by atoms with E-state index in [2.05, 4.69) is 15.5 Å². The van der Waals surface area contributed by atoms with Gasteiger partial charge in [0.25, 0.3) is 5.91 Å². The highest BCUT2D eigenvalue weighted by molar-refractivity contribution is 6.34. The summed E-state index contributed by atoms with van der Waals surface area (Å²) < 4.78 is 0. The van der Waals surface area contributed by atoms with E-state index in [0.717, 1.165) is 0 Å². The summed E-state index contributed by atoms with van der Waals surface area (Å²) in [5, 5.41) is 26.6. The van der Waals surface area contributed by atoms with Gasteiger partial charge in [0.2, 0.25) is 0 Å². The van der Waals surface area contributed by atoms with Gasteiger partial charge in [0, 0.05) is 13.0 Å². The maximum atomic E-state index is 11.6. The van der Waals surface area contributed by atoms with Gasteiger partial charge in [-0.1, -0.05) is 23.2 Å². The van der Waals surface area contributed by atoms with E-state index in [0.29, 0.717) is 0 Å². The topological polar surface area (TPSA) is 112 Å². The Morgan fingerprint density at radius 2 is 2.06 bits per heavy atom. The predicted octanol–water partition coefficient (Wildman–Crippen LogP) is 0.349. The van der Waals surface area contributed by atoms with Crippen molar-refractivity contribution in [3.8, 4) is 0 Å². The van der Waals surface area contributed by atoms with Gasteiger partial charge in [-0.15, -0.1) is 10.2 Å². The molecule has 0 aliphatic rings. The third kappa shape index (κ3) is 4.10. The maximum Gasteiger partial charge on any atom is 0.332 e. The molecule has 1 amide bonds. The van der Waals surface area contributed by atoms with E-state index in [1.54, 1.807) is 0 Å². The SMILES string of the molecule is O=C(NCC[C@H](O)C(=O)O)c1cc(Cl)nnc1Cl. The number of aromatic nitrogens is 2. The first-order chi connectivity index (χ1) is 8.41. The second-order valence-electron chi connectivity index (χ2n) is 3.27. The summed E-state index contributed by atoms with van der Waals surface area (Å²) in [6, 6.07) is 1.24. The summed E-state index contributed by atoms with van der Waals surface area (Å²) in [5.74, 6) is -1.93. The number of carboxylic acid groups (broad SMARTS) is 1. The van der Waals surface area contributed by atoms with Crippen LogP contribution in [-0.4, -0.2) is 44.9 Å². The van der Waals surface area contributed by atoms with Crippen LogP contribution in [0.15, 0.2) is 6.07 Å². The van der Waals surface area contributed by atoms with Crippen molar-refractivity contribution in [3.63, 3.8) is 0 Å². The number of rotatable bonds is 5. The van der Waals surface area contributed by atoms with Crippen molar-refractivity contribution >= 4 is 35.1 Å².